The zero-order valence-corrected chi connectivity index (χ0v) is 8.53. The van der Waals surface area contributed by atoms with E-state index < -0.39 is 0 Å². The molecule has 0 fully saturated rings. The number of hydrogen-bond donors (Lipinski definition) is 0. The van der Waals surface area contributed by atoms with Gasteiger partial charge in [0, 0.05) is 0 Å². The number of ether oxygens (including phenoxy) is 1. The van der Waals surface area contributed by atoms with Crippen LogP contribution in [-0.2, 0) is 0 Å². The predicted octanol–water partition coefficient (Wildman–Crippen LogP) is 2.17. The van der Waals surface area contributed by atoms with Gasteiger partial charge in [-0.2, -0.15) is 10.1 Å². The maximum absolute atomic E-state index is 5.73. The number of hydrogen-bond acceptors (Lipinski definition) is 3. The summed E-state index contributed by atoms with van der Waals surface area (Å²) in [6.45, 7) is 2.71. The molecule has 0 bridgehead atoms. The quantitative estimate of drug-likeness (QED) is 0.781. The molecule has 0 radical (unpaired) electrons. The van der Waals surface area contributed by atoms with Crippen molar-refractivity contribution in [1.29, 1.82) is 0 Å². The zero-order chi connectivity index (χ0) is 9.97. The molecule has 0 atom stereocenters. The third-order valence-electron chi connectivity index (χ3n) is 1.72. The summed E-state index contributed by atoms with van der Waals surface area (Å²) in [5.74, 6) is 0.585. The predicted molar refractivity (Wildman–Crippen MR) is 53.8 cm³/mol. The minimum Gasteiger partial charge on any atom is -0.477 e. The molecule has 0 aromatic carbocycles. The lowest BCUT2D eigenvalue weighted by molar-refractivity contribution is 0.307. The van der Waals surface area contributed by atoms with Crippen molar-refractivity contribution in [1.82, 2.24) is 14.6 Å². The number of halogens is 1. The first kappa shape index (κ1) is 9.27. The molecule has 14 heavy (non-hydrogen) atoms. The molecule has 2 rings (SSSR count). The Morgan fingerprint density at radius 1 is 1.50 bits per heavy atom. The van der Waals surface area contributed by atoms with E-state index in [0.717, 1.165) is 12.1 Å². The van der Waals surface area contributed by atoms with Gasteiger partial charge in [0.05, 0.1) is 12.8 Å². The highest BCUT2D eigenvalue weighted by Gasteiger charge is 2.02. The molecule has 74 valence electrons. The van der Waals surface area contributed by atoms with Crippen molar-refractivity contribution in [3.05, 3.63) is 23.5 Å². The van der Waals surface area contributed by atoms with Gasteiger partial charge in [-0.1, -0.05) is 18.5 Å². The van der Waals surface area contributed by atoms with Gasteiger partial charge in [-0.15, -0.1) is 0 Å². The number of imidazole rings is 1. The van der Waals surface area contributed by atoms with Crippen molar-refractivity contribution in [3.63, 3.8) is 0 Å². The van der Waals surface area contributed by atoms with Gasteiger partial charge >= 0.3 is 0 Å². The highest BCUT2D eigenvalue weighted by molar-refractivity contribution is 6.29. The fraction of sp³-hybridized carbons (Fsp3) is 0.333. The minimum absolute atomic E-state index is 0.442. The topological polar surface area (TPSA) is 39.4 Å². The first-order valence-electron chi connectivity index (χ1n) is 4.44. The molecule has 2 heterocycles. The second-order valence-electron chi connectivity index (χ2n) is 2.89. The van der Waals surface area contributed by atoms with Gasteiger partial charge in [0.25, 0.3) is 0 Å². The van der Waals surface area contributed by atoms with E-state index in [1.54, 1.807) is 22.8 Å². The monoisotopic (exact) mass is 211 g/mol. The van der Waals surface area contributed by atoms with Gasteiger partial charge in [0.15, 0.2) is 5.65 Å². The van der Waals surface area contributed by atoms with E-state index in [9.17, 15) is 0 Å². The first-order valence-corrected chi connectivity index (χ1v) is 4.82. The van der Waals surface area contributed by atoms with Gasteiger partial charge in [0.1, 0.15) is 5.15 Å². The summed E-state index contributed by atoms with van der Waals surface area (Å²) >= 11 is 5.73. The van der Waals surface area contributed by atoms with Gasteiger partial charge in [-0.3, -0.25) is 0 Å². The SMILES string of the molecule is CCCOc1cn2nc(Cl)ccc2n1. The second-order valence-corrected chi connectivity index (χ2v) is 3.27. The van der Waals surface area contributed by atoms with Gasteiger partial charge in [-0.25, -0.2) is 4.52 Å². The van der Waals surface area contributed by atoms with Crippen LogP contribution in [0.25, 0.3) is 5.65 Å². The highest BCUT2D eigenvalue weighted by Crippen LogP contribution is 2.12. The third kappa shape index (κ3) is 1.80. The van der Waals surface area contributed by atoms with Gasteiger partial charge in [-0.05, 0) is 18.6 Å². The van der Waals surface area contributed by atoms with Crippen LogP contribution in [0, 0.1) is 0 Å². The summed E-state index contributed by atoms with van der Waals surface area (Å²) in [7, 11) is 0. The molecule has 0 amide bonds. The summed E-state index contributed by atoms with van der Waals surface area (Å²) in [4.78, 5) is 4.21. The Hall–Kier alpha value is -1.29. The molecule has 0 N–H and O–H groups in total. The number of rotatable bonds is 3. The number of aromatic nitrogens is 3. The molecule has 5 heteroatoms. The molecule has 0 saturated heterocycles. The van der Waals surface area contributed by atoms with Crippen LogP contribution in [0.3, 0.4) is 0 Å². The van der Waals surface area contributed by atoms with Gasteiger partial charge in [0.2, 0.25) is 5.88 Å². The Labute approximate surface area is 86.5 Å². The smallest absolute Gasteiger partial charge is 0.234 e. The largest absolute Gasteiger partial charge is 0.477 e. The van der Waals surface area contributed by atoms with Crippen LogP contribution >= 0.6 is 11.6 Å². The molecule has 2 aromatic heterocycles. The van der Waals surface area contributed by atoms with E-state index in [-0.39, 0.29) is 0 Å². The third-order valence-corrected chi connectivity index (χ3v) is 1.92. The second kappa shape index (κ2) is 3.84. The Kier molecular flexibility index (Phi) is 2.54. The Bertz CT molecular complexity index is 441. The molecule has 0 saturated carbocycles. The Balaban J connectivity index is 2.32. The highest BCUT2D eigenvalue weighted by atomic mass is 35.5. The van der Waals surface area contributed by atoms with E-state index in [4.69, 9.17) is 16.3 Å². The fourth-order valence-electron chi connectivity index (χ4n) is 1.11. The first-order chi connectivity index (χ1) is 6.79. The van der Waals surface area contributed by atoms with E-state index in [1.165, 1.54) is 0 Å². The summed E-state index contributed by atoms with van der Waals surface area (Å²) < 4.78 is 6.97. The molecular formula is C9H10ClN3O. The molecular weight excluding hydrogens is 202 g/mol. The molecule has 0 aliphatic rings. The Morgan fingerprint density at radius 3 is 3.14 bits per heavy atom. The average Bonchev–Trinajstić information content (AvgIpc) is 2.56. The number of nitrogens with zero attached hydrogens (tertiary/aromatic N) is 3. The van der Waals surface area contributed by atoms with Crippen molar-refractivity contribution >= 4 is 17.2 Å². The summed E-state index contributed by atoms with van der Waals surface area (Å²) in [5.41, 5.74) is 0.737. The summed E-state index contributed by atoms with van der Waals surface area (Å²) in [5, 5.41) is 4.49. The fourth-order valence-corrected chi connectivity index (χ4v) is 1.26. The average molecular weight is 212 g/mol. The lowest BCUT2D eigenvalue weighted by Crippen LogP contribution is -1.94. The van der Waals surface area contributed by atoms with Crippen LogP contribution < -0.4 is 4.74 Å². The van der Waals surface area contributed by atoms with Crippen molar-refractivity contribution in [2.24, 2.45) is 0 Å². The Morgan fingerprint density at radius 2 is 2.36 bits per heavy atom. The minimum atomic E-state index is 0.442. The lowest BCUT2D eigenvalue weighted by Gasteiger charge is -1.96. The number of fused-ring (bicyclic) bond motifs is 1. The molecule has 0 aliphatic heterocycles. The lowest BCUT2D eigenvalue weighted by atomic mass is 10.5. The van der Waals surface area contributed by atoms with Crippen molar-refractivity contribution in [2.75, 3.05) is 6.61 Å². The molecule has 0 unspecified atom stereocenters. The van der Waals surface area contributed by atoms with Crippen LogP contribution in [0.15, 0.2) is 18.3 Å². The zero-order valence-electron chi connectivity index (χ0n) is 7.77. The van der Waals surface area contributed by atoms with Crippen LogP contribution in [0.5, 0.6) is 5.88 Å². The standard InChI is InChI=1S/C9H10ClN3O/c1-2-5-14-9-6-13-8(11-9)4-3-7(10)12-13/h3-4,6H,2,5H2,1H3. The van der Waals surface area contributed by atoms with E-state index in [0.29, 0.717) is 17.6 Å². The molecule has 0 aliphatic carbocycles. The molecule has 2 aromatic rings. The van der Waals surface area contributed by atoms with Crippen LogP contribution in [0.1, 0.15) is 13.3 Å². The molecule has 4 nitrogen and oxygen atoms in total. The summed E-state index contributed by atoms with van der Waals surface area (Å²) in [6, 6.07) is 3.50. The van der Waals surface area contributed by atoms with Gasteiger partial charge < -0.3 is 4.74 Å². The van der Waals surface area contributed by atoms with E-state index >= 15 is 0 Å². The molecule has 0 spiro atoms. The normalized spacial score (nSPS) is 10.7. The van der Waals surface area contributed by atoms with Crippen molar-refractivity contribution < 1.29 is 4.74 Å². The van der Waals surface area contributed by atoms with E-state index in [1.807, 2.05) is 6.92 Å². The van der Waals surface area contributed by atoms with E-state index in [2.05, 4.69) is 10.1 Å². The van der Waals surface area contributed by atoms with Crippen LogP contribution in [-0.4, -0.2) is 21.2 Å². The maximum atomic E-state index is 5.73. The van der Waals surface area contributed by atoms with Crippen LogP contribution in [0.4, 0.5) is 0 Å². The van der Waals surface area contributed by atoms with Crippen molar-refractivity contribution in [2.45, 2.75) is 13.3 Å². The van der Waals surface area contributed by atoms with Crippen LogP contribution in [0.2, 0.25) is 5.15 Å². The maximum Gasteiger partial charge on any atom is 0.234 e. The van der Waals surface area contributed by atoms with Crippen molar-refractivity contribution in [3.8, 4) is 5.88 Å². The summed E-state index contributed by atoms with van der Waals surface area (Å²) in [6.07, 6.45) is 2.68.